The Kier molecular flexibility index (Phi) is 3.98. The lowest BCUT2D eigenvalue weighted by atomic mass is 10.1. The standard InChI is InChI=1S/C20H22NO3/c1-21-13-14-11-16(22-2)3-5-18(14)19-6-4-17(12-20(19)21)24-15-7-9-23-10-8-15/h3-6,11-13,15H,7-10H2,1-2H3/q+1. The molecule has 0 saturated carbocycles. The first-order chi connectivity index (χ1) is 11.7. The third-order valence-electron chi connectivity index (χ3n) is 4.70. The molecule has 0 N–H and O–H groups in total. The predicted octanol–water partition coefficient (Wildman–Crippen LogP) is 3.38. The molecule has 4 rings (SSSR count). The van der Waals surface area contributed by atoms with Crippen LogP contribution < -0.4 is 14.0 Å². The number of methoxy groups -OCH3 is 1. The maximum absolute atomic E-state index is 6.15. The molecule has 1 aliphatic heterocycles. The van der Waals surface area contributed by atoms with Gasteiger partial charge in [0.25, 0.3) is 0 Å². The zero-order valence-corrected chi connectivity index (χ0v) is 14.1. The molecule has 0 spiro atoms. The van der Waals surface area contributed by atoms with Crippen LogP contribution in [0.15, 0.2) is 42.6 Å². The second-order valence-corrected chi connectivity index (χ2v) is 6.30. The average molecular weight is 324 g/mol. The molecule has 24 heavy (non-hydrogen) atoms. The van der Waals surface area contributed by atoms with Gasteiger partial charge in [-0.25, -0.2) is 4.57 Å². The van der Waals surface area contributed by atoms with Gasteiger partial charge in [0.05, 0.1) is 37.2 Å². The number of fused-ring (bicyclic) bond motifs is 3. The van der Waals surface area contributed by atoms with Crippen molar-refractivity contribution in [1.82, 2.24) is 0 Å². The van der Waals surface area contributed by atoms with Gasteiger partial charge in [0, 0.05) is 18.2 Å². The van der Waals surface area contributed by atoms with Crippen LogP contribution in [-0.4, -0.2) is 26.4 Å². The molecule has 0 amide bonds. The molecule has 0 aliphatic carbocycles. The topological polar surface area (TPSA) is 31.6 Å². The first-order valence-corrected chi connectivity index (χ1v) is 8.39. The summed E-state index contributed by atoms with van der Waals surface area (Å²) < 4.78 is 19.0. The van der Waals surface area contributed by atoms with Gasteiger partial charge in [0.2, 0.25) is 5.52 Å². The number of hydrogen-bond donors (Lipinski definition) is 0. The summed E-state index contributed by atoms with van der Waals surface area (Å²) in [4.78, 5) is 0. The molecule has 3 aromatic rings. The maximum atomic E-state index is 6.15. The average Bonchev–Trinajstić information content (AvgIpc) is 2.62. The van der Waals surface area contributed by atoms with Crippen molar-refractivity contribution in [2.45, 2.75) is 18.9 Å². The minimum atomic E-state index is 0.256. The van der Waals surface area contributed by atoms with Gasteiger partial charge in [-0.1, -0.05) is 0 Å². The molecule has 2 aromatic carbocycles. The van der Waals surface area contributed by atoms with Crippen LogP contribution in [-0.2, 0) is 11.8 Å². The van der Waals surface area contributed by atoms with Crippen molar-refractivity contribution in [2.75, 3.05) is 20.3 Å². The van der Waals surface area contributed by atoms with Crippen LogP contribution in [0.3, 0.4) is 0 Å². The van der Waals surface area contributed by atoms with E-state index in [4.69, 9.17) is 14.2 Å². The van der Waals surface area contributed by atoms with Gasteiger partial charge in [0.1, 0.15) is 24.7 Å². The van der Waals surface area contributed by atoms with E-state index < -0.39 is 0 Å². The third-order valence-corrected chi connectivity index (χ3v) is 4.70. The minimum absolute atomic E-state index is 0.256. The first-order valence-electron chi connectivity index (χ1n) is 8.39. The number of pyridine rings is 1. The van der Waals surface area contributed by atoms with Gasteiger partial charge < -0.3 is 14.2 Å². The molecule has 1 saturated heterocycles. The summed E-state index contributed by atoms with van der Waals surface area (Å²) in [6, 6.07) is 12.6. The fraction of sp³-hybridized carbons (Fsp3) is 0.350. The molecule has 1 aromatic heterocycles. The third kappa shape index (κ3) is 2.78. The Morgan fingerprint density at radius 2 is 1.75 bits per heavy atom. The van der Waals surface area contributed by atoms with Crippen molar-refractivity contribution < 1.29 is 18.8 Å². The highest BCUT2D eigenvalue weighted by Crippen LogP contribution is 2.29. The molecule has 1 aliphatic rings. The normalized spacial score (nSPS) is 15.8. The second-order valence-electron chi connectivity index (χ2n) is 6.30. The summed E-state index contributed by atoms with van der Waals surface area (Å²) in [5.41, 5.74) is 1.16. The van der Waals surface area contributed by atoms with Gasteiger partial charge in [-0.3, -0.25) is 0 Å². The first kappa shape index (κ1) is 15.2. The summed E-state index contributed by atoms with van der Waals surface area (Å²) in [5.74, 6) is 1.80. The minimum Gasteiger partial charge on any atom is -0.497 e. The Morgan fingerprint density at radius 3 is 2.54 bits per heavy atom. The predicted molar refractivity (Wildman–Crippen MR) is 93.7 cm³/mol. The van der Waals surface area contributed by atoms with Gasteiger partial charge in [-0.05, 0) is 30.3 Å². The fourth-order valence-corrected chi connectivity index (χ4v) is 3.39. The zero-order chi connectivity index (χ0) is 16.5. The molecule has 4 heteroatoms. The van der Waals surface area contributed by atoms with E-state index in [-0.39, 0.29) is 6.10 Å². The van der Waals surface area contributed by atoms with Crippen molar-refractivity contribution in [1.29, 1.82) is 0 Å². The maximum Gasteiger partial charge on any atom is 0.216 e. The number of nitrogens with zero attached hydrogens (tertiary/aromatic N) is 1. The number of aryl methyl sites for hydroxylation is 1. The van der Waals surface area contributed by atoms with E-state index in [1.54, 1.807) is 7.11 Å². The lowest BCUT2D eigenvalue weighted by Gasteiger charge is -2.23. The van der Waals surface area contributed by atoms with Crippen LogP contribution >= 0.6 is 0 Å². The number of hydrogen-bond acceptors (Lipinski definition) is 3. The molecule has 0 radical (unpaired) electrons. The van der Waals surface area contributed by atoms with Gasteiger partial charge in [0.15, 0.2) is 6.20 Å². The van der Waals surface area contributed by atoms with Crippen LogP contribution in [0.1, 0.15) is 12.8 Å². The monoisotopic (exact) mass is 324 g/mol. The number of ether oxygens (including phenoxy) is 3. The smallest absolute Gasteiger partial charge is 0.216 e. The highest BCUT2D eigenvalue weighted by Gasteiger charge is 2.17. The number of rotatable bonds is 3. The Labute approximate surface area is 141 Å². The summed E-state index contributed by atoms with van der Waals surface area (Å²) in [6.45, 7) is 1.58. The van der Waals surface area contributed by atoms with Crippen LogP contribution in [0.4, 0.5) is 0 Å². The van der Waals surface area contributed by atoms with E-state index >= 15 is 0 Å². The van der Waals surface area contributed by atoms with E-state index in [0.29, 0.717) is 0 Å². The van der Waals surface area contributed by atoms with Crippen LogP contribution in [0.25, 0.3) is 21.7 Å². The summed E-state index contributed by atoms with van der Waals surface area (Å²) in [7, 11) is 3.77. The molecule has 124 valence electrons. The van der Waals surface area contributed by atoms with Gasteiger partial charge in [-0.15, -0.1) is 0 Å². The number of aromatic nitrogens is 1. The van der Waals surface area contributed by atoms with Crippen molar-refractivity contribution in [3.63, 3.8) is 0 Å². The van der Waals surface area contributed by atoms with E-state index in [9.17, 15) is 0 Å². The lowest BCUT2D eigenvalue weighted by Crippen LogP contribution is -2.29. The summed E-state index contributed by atoms with van der Waals surface area (Å²) in [5, 5.41) is 3.61. The molecular weight excluding hydrogens is 302 g/mol. The van der Waals surface area contributed by atoms with Crippen LogP contribution in [0.2, 0.25) is 0 Å². The van der Waals surface area contributed by atoms with E-state index in [2.05, 4.69) is 48.1 Å². The molecule has 4 nitrogen and oxygen atoms in total. The molecule has 1 fully saturated rings. The summed E-state index contributed by atoms with van der Waals surface area (Å²) in [6.07, 6.45) is 4.31. The van der Waals surface area contributed by atoms with E-state index in [1.165, 1.54) is 16.2 Å². The van der Waals surface area contributed by atoms with Crippen LogP contribution in [0, 0.1) is 0 Å². The Hall–Kier alpha value is -2.33. The van der Waals surface area contributed by atoms with E-state index in [1.807, 2.05) is 6.07 Å². The van der Waals surface area contributed by atoms with Gasteiger partial charge >= 0.3 is 0 Å². The Morgan fingerprint density at radius 1 is 1.00 bits per heavy atom. The Balaban J connectivity index is 1.76. The fourth-order valence-electron chi connectivity index (χ4n) is 3.39. The van der Waals surface area contributed by atoms with Crippen molar-refractivity contribution >= 4 is 21.7 Å². The molecule has 0 unspecified atom stereocenters. The lowest BCUT2D eigenvalue weighted by molar-refractivity contribution is -0.643. The van der Waals surface area contributed by atoms with E-state index in [0.717, 1.165) is 43.1 Å². The Bertz CT molecular complexity index is 885. The SMILES string of the molecule is COc1ccc2c(c1)c[n+](C)c1cc(OC3CCOCC3)ccc21. The van der Waals surface area contributed by atoms with Crippen molar-refractivity contribution in [3.8, 4) is 11.5 Å². The molecular formula is C20H22NO3+. The quantitative estimate of drug-likeness (QED) is 0.547. The zero-order valence-electron chi connectivity index (χ0n) is 14.1. The second kappa shape index (κ2) is 6.29. The highest BCUT2D eigenvalue weighted by molar-refractivity contribution is 6.04. The van der Waals surface area contributed by atoms with Gasteiger partial charge in [-0.2, -0.15) is 0 Å². The van der Waals surface area contributed by atoms with Crippen molar-refractivity contribution in [2.24, 2.45) is 7.05 Å². The molecule has 2 heterocycles. The molecule has 0 atom stereocenters. The largest absolute Gasteiger partial charge is 0.497 e. The molecule has 0 bridgehead atoms. The van der Waals surface area contributed by atoms with Crippen LogP contribution in [0.5, 0.6) is 11.5 Å². The van der Waals surface area contributed by atoms with Crippen molar-refractivity contribution in [3.05, 3.63) is 42.6 Å². The number of benzene rings is 2. The highest BCUT2D eigenvalue weighted by atomic mass is 16.5. The summed E-state index contributed by atoms with van der Waals surface area (Å²) >= 11 is 0.